The molecule has 0 saturated heterocycles. The molecule has 1 aliphatic rings. The van der Waals surface area contributed by atoms with Crippen LogP contribution in [-0.2, 0) is 11.4 Å². The van der Waals surface area contributed by atoms with Gasteiger partial charge in [-0.2, -0.15) is 0 Å². The summed E-state index contributed by atoms with van der Waals surface area (Å²) < 4.78 is 6.75. The van der Waals surface area contributed by atoms with Gasteiger partial charge < -0.3 is 9.84 Å². The number of benzene rings is 2. The van der Waals surface area contributed by atoms with Gasteiger partial charge in [-0.1, -0.05) is 40.2 Å². The van der Waals surface area contributed by atoms with Gasteiger partial charge in [-0.25, -0.2) is 0 Å². The predicted molar refractivity (Wildman–Crippen MR) is 79.0 cm³/mol. The summed E-state index contributed by atoms with van der Waals surface area (Å²) in [6.07, 6.45) is 0.0594. The first-order chi connectivity index (χ1) is 9.65. The van der Waals surface area contributed by atoms with Gasteiger partial charge in [-0.3, -0.25) is 4.79 Å². The van der Waals surface area contributed by atoms with Gasteiger partial charge in [0.1, 0.15) is 12.4 Å². The zero-order valence-corrected chi connectivity index (χ0v) is 12.3. The zero-order chi connectivity index (χ0) is 14.1. The number of rotatable bonds is 2. The molecule has 1 unspecified atom stereocenters. The van der Waals surface area contributed by atoms with Crippen LogP contribution >= 0.6 is 15.9 Å². The average molecular weight is 333 g/mol. The monoisotopic (exact) mass is 332 g/mol. The molecule has 2 aromatic carbocycles. The van der Waals surface area contributed by atoms with Crippen molar-refractivity contribution in [2.45, 2.75) is 18.9 Å². The van der Waals surface area contributed by atoms with Gasteiger partial charge in [0.15, 0.2) is 0 Å². The second-order valence-electron chi connectivity index (χ2n) is 4.82. The maximum Gasteiger partial charge on any atom is 0.304 e. The fourth-order valence-electron chi connectivity index (χ4n) is 2.65. The number of carbonyl (C=O) groups is 1. The van der Waals surface area contributed by atoms with E-state index >= 15 is 0 Å². The van der Waals surface area contributed by atoms with E-state index in [9.17, 15) is 9.90 Å². The van der Waals surface area contributed by atoms with E-state index < -0.39 is 5.97 Å². The second-order valence-corrected chi connectivity index (χ2v) is 5.74. The molecule has 2 aromatic rings. The Morgan fingerprint density at radius 3 is 2.85 bits per heavy atom. The fraction of sp³-hybridized carbons (Fsp3) is 0.188. The standard InChI is InChI=1S/C16H13BrO3/c17-11-5-6-15-14(7-11)13(8-16(18)19)12-4-2-1-3-10(12)9-20-15/h1-7,13H,8-9H2,(H,18,19). The van der Waals surface area contributed by atoms with Crippen LogP contribution in [-0.4, -0.2) is 11.1 Å². The van der Waals surface area contributed by atoms with Crippen molar-refractivity contribution < 1.29 is 14.6 Å². The van der Waals surface area contributed by atoms with Crippen molar-refractivity contribution in [3.63, 3.8) is 0 Å². The highest BCUT2D eigenvalue weighted by Crippen LogP contribution is 2.40. The van der Waals surface area contributed by atoms with Crippen LogP contribution in [0.1, 0.15) is 29.0 Å². The molecule has 3 nitrogen and oxygen atoms in total. The summed E-state index contributed by atoms with van der Waals surface area (Å²) in [5, 5.41) is 9.23. The lowest BCUT2D eigenvalue weighted by Gasteiger charge is -2.17. The zero-order valence-electron chi connectivity index (χ0n) is 10.7. The Hall–Kier alpha value is -1.81. The average Bonchev–Trinajstić information content (AvgIpc) is 2.57. The first kappa shape index (κ1) is 13.2. The maximum absolute atomic E-state index is 11.2. The quantitative estimate of drug-likeness (QED) is 0.905. The van der Waals surface area contributed by atoms with E-state index in [2.05, 4.69) is 15.9 Å². The molecule has 0 aromatic heterocycles. The highest BCUT2D eigenvalue weighted by molar-refractivity contribution is 9.10. The van der Waals surface area contributed by atoms with Crippen LogP contribution in [0.5, 0.6) is 5.75 Å². The molecule has 20 heavy (non-hydrogen) atoms. The van der Waals surface area contributed by atoms with E-state index in [0.717, 1.165) is 26.9 Å². The number of halogens is 1. The lowest BCUT2D eigenvalue weighted by molar-refractivity contribution is -0.137. The summed E-state index contributed by atoms with van der Waals surface area (Å²) in [4.78, 5) is 11.2. The molecule has 0 aliphatic carbocycles. The van der Waals surface area contributed by atoms with E-state index in [-0.39, 0.29) is 12.3 Å². The van der Waals surface area contributed by atoms with Gasteiger partial charge in [0.25, 0.3) is 0 Å². The minimum Gasteiger partial charge on any atom is -0.489 e. The van der Waals surface area contributed by atoms with E-state index in [4.69, 9.17) is 4.74 Å². The van der Waals surface area contributed by atoms with Crippen LogP contribution in [0.4, 0.5) is 0 Å². The van der Waals surface area contributed by atoms with E-state index in [1.807, 2.05) is 42.5 Å². The number of ether oxygens (including phenoxy) is 1. The molecular weight excluding hydrogens is 320 g/mol. The summed E-state index contributed by atoms with van der Waals surface area (Å²) in [6.45, 7) is 0.473. The van der Waals surface area contributed by atoms with Crippen LogP contribution in [0.15, 0.2) is 46.9 Å². The van der Waals surface area contributed by atoms with Gasteiger partial charge in [-0.15, -0.1) is 0 Å². The second kappa shape index (κ2) is 5.29. The molecule has 1 atom stereocenters. The number of fused-ring (bicyclic) bond motifs is 2. The van der Waals surface area contributed by atoms with Crippen molar-refractivity contribution in [2.24, 2.45) is 0 Å². The summed E-state index contributed by atoms with van der Waals surface area (Å²) in [6, 6.07) is 13.6. The Labute approximate surface area is 125 Å². The molecule has 0 fully saturated rings. The predicted octanol–water partition coefficient (Wildman–Crippen LogP) is 3.95. The molecule has 102 valence electrons. The number of aliphatic carboxylic acids is 1. The molecule has 1 heterocycles. The third kappa shape index (κ3) is 2.43. The van der Waals surface area contributed by atoms with Gasteiger partial charge in [0.05, 0.1) is 6.42 Å². The molecule has 0 amide bonds. The number of carboxylic acid groups (broad SMARTS) is 1. The Kier molecular flexibility index (Phi) is 3.49. The molecule has 4 heteroatoms. The third-order valence-corrected chi connectivity index (χ3v) is 4.03. The van der Waals surface area contributed by atoms with Gasteiger partial charge in [0, 0.05) is 16.0 Å². The molecule has 0 spiro atoms. The van der Waals surface area contributed by atoms with Crippen molar-refractivity contribution in [2.75, 3.05) is 0 Å². The molecule has 0 radical (unpaired) electrons. The molecule has 0 saturated carbocycles. The van der Waals surface area contributed by atoms with Crippen LogP contribution in [0, 0.1) is 0 Å². The molecule has 1 aliphatic heterocycles. The van der Waals surface area contributed by atoms with E-state index in [1.54, 1.807) is 0 Å². The largest absolute Gasteiger partial charge is 0.489 e. The van der Waals surface area contributed by atoms with Gasteiger partial charge >= 0.3 is 5.97 Å². The maximum atomic E-state index is 11.2. The van der Waals surface area contributed by atoms with Crippen molar-refractivity contribution in [3.8, 4) is 5.75 Å². The van der Waals surface area contributed by atoms with Crippen molar-refractivity contribution in [3.05, 3.63) is 63.6 Å². The normalized spacial score (nSPS) is 16.6. The lowest BCUT2D eigenvalue weighted by Crippen LogP contribution is -2.08. The van der Waals surface area contributed by atoms with Crippen molar-refractivity contribution in [1.29, 1.82) is 0 Å². The summed E-state index contributed by atoms with van der Waals surface area (Å²) in [7, 11) is 0. The van der Waals surface area contributed by atoms with Crippen LogP contribution < -0.4 is 4.74 Å². The fourth-order valence-corrected chi connectivity index (χ4v) is 3.03. The molecular formula is C16H13BrO3. The third-order valence-electron chi connectivity index (χ3n) is 3.54. The van der Waals surface area contributed by atoms with Gasteiger partial charge in [-0.05, 0) is 29.3 Å². The Bertz CT molecular complexity index is 667. The summed E-state index contributed by atoms with van der Waals surface area (Å²) >= 11 is 3.45. The van der Waals surface area contributed by atoms with E-state index in [0.29, 0.717) is 6.61 Å². The highest BCUT2D eigenvalue weighted by atomic mass is 79.9. The number of hydrogen-bond donors (Lipinski definition) is 1. The number of hydrogen-bond acceptors (Lipinski definition) is 2. The lowest BCUT2D eigenvalue weighted by atomic mass is 9.86. The Morgan fingerprint density at radius 1 is 1.25 bits per heavy atom. The smallest absolute Gasteiger partial charge is 0.304 e. The highest BCUT2D eigenvalue weighted by Gasteiger charge is 2.26. The molecule has 1 N–H and O–H groups in total. The topological polar surface area (TPSA) is 46.5 Å². The van der Waals surface area contributed by atoms with Crippen molar-refractivity contribution >= 4 is 21.9 Å². The molecule has 0 bridgehead atoms. The van der Waals surface area contributed by atoms with Crippen LogP contribution in [0.2, 0.25) is 0 Å². The Balaban J connectivity index is 2.18. The first-order valence-corrected chi connectivity index (χ1v) is 7.16. The van der Waals surface area contributed by atoms with Crippen LogP contribution in [0.25, 0.3) is 0 Å². The molecule has 3 rings (SSSR count). The SMILES string of the molecule is O=C(O)CC1c2ccccc2COc2ccc(Br)cc21. The Morgan fingerprint density at radius 2 is 2.05 bits per heavy atom. The van der Waals surface area contributed by atoms with Crippen molar-refractivity contribution in [1.82, 2.24) is 0 Å². The van der Waals surface area contributed by atoms with Crippen LogP contribution in [0.3, 0.4) is 0 Å². The first-order valence-electron chi connectivity index (χ1n) is 6.37. The van der Waals surface area contributed by atoms with Gasteiger partial charge in [0.2, 0.25) is 0 Å². The summed E-state index contributed by atoms with van der Waals surface area (Å²) in [5.74, 6) is -0.230. The number of carboxylic acids is 1. The minimum absolute atomic E-state index is 0.0594. The minimum atomic E-state index is -0.808. The summed E-state index contributed by atoms with van der Waals surface area (Å²) in [5.41, 5.74) is 3.00. The van der Waals surface area contributed by atoms with E-state index in [1.165, 1.54) is 0 Å².